The van der Waals surface area contributed by atoms with Gasteiger partial charge in [-0.05, 0) is 18.2 Å². The van der Waals surface area contributed by atoms with Crippen LogP contribution >= 0.6 is 0 Å². The zero-order chi connectivity index (χ0) is 21.8. The molecule has 0 radical (unpaired) electrons. The first-order valence-corrected chi connectivity index (χ1v) is 8.48. The van der Waals surface area contributed by atoms with E-state index in [9.17, 15) is 24.5 Å². The molecule has 0 saturated heterocycles. The Labute approximate surface area is 168 Å². The van der Waals surface area contributed by atoms with Crippen molar-refractivity contribution in [2.24, 2.45) is 0 Å². The molecule has 0 spiro atoms. The standard InChI is InChI=1S/C20H15NO9/c1-27-15-3-4-16-13(8-18(22)30-17(16)9-15)10-29-20(24)12-5-11(19(23)28-2)6-14(7-12)21(25)26/h3-9H,10H2,1-2H3. The van der Waals surface area contributed by atoms with Gasteiger partial charge in [-0.3, -0.25) is 10.1 Å². The van der Waals surface area contributed by atoms with Gasteiger partial charge in [-0.15, -0.1) is 0 Å². The largest absolute Gasteiger partial charge is 0.497 e. The maximum absolute atomic E-state index is 12.5. The normalized spacial score (nSPS) is 10.5. The zero-order valence-electron chi connectivity index (χ0n) is 15.9. The Balaban J connectivity index is 1.90. The number of nitro groups is 1. The van der Waals surface area contributed by atoms with E-state index in [2.05, 4.69) is 4.74 Å². The third-order valence-corrected chi connectivity index (χ3v) is 4.18. The minimum atomic E-state index is -0.918. The van der Waals surface area contributed by atoms with Gasteiger partial charge in [0.1, 0.15) is 17.9 Å². The van der Waals surface area contributed by atoms with Crippen molar-refractivity contribution in [3.05, 3.63) is 79.7 Å². The number of hydrogen-bond donors (Lipinski definition) is 0. The molecule has 0 atom stereocenters. The number of nitrogens with zero attached hydrogens (tertiary/aromatic N) is 1. The molecular weight excluding hydrogens is 398 g/mol. The summed E-state index contributed by atoms with van der Waals surface area (Å²) < 4.78 is 20.0. The van der Waals surface area contributed by atoms with Crippen LogP contribution in [0.1, 0.15) is 26.3 Å². The summed E-state index contributed by atoms with van der Waals surface area (Å²) in [5.74, 6) is -1.28. The number of non-ortho nitro benzene ring substituents is 1. The third-order valence-electron chi connectivity index (χ3n) is 4.18. The van der Waals surface area contributed by atoms with Gasteiger partial charge >= 0.3 is 17.6 Å². The fraction of sp³-hybridized carbons (Fsp3) is 0.150. The van der Waals surface area contributed by atoms with Gasteiger partial charge in [-0.1, -0.05) is 0 Å². The van der Waals surface area contributed by atoms with Gasteiger partial charge in [0.25, 0.3) is 5.69 Å². The molecule has 1 aromatic heterocycles. The van der Waals surface area contributed by atoms with E-state index in [-0.39, 0.29) is 23.3 Å². The number of benzene rings is 2. The second kappa shape index (κ2) is 8.43. The van der Waals surface area contributed by atoms with E-state index in [1.807, 2.05) is 0 Å². The molecule has 3 rings (SSSR count). The Morgan fingerprint density at radius 3 is 2.37 bits per heavy atom. The number of ether oxygens (including phenoxy) is 3. The van der Waals surface area contributed by atoms with Crippen molar-refractivity contribution in [2.75, 3.05) is 14.2 Å². The number of rotatable bonds is 6. The lowest BCUT2D eigenvalue weighted by molar-refractivity contribution is -0.384. The minimum Gasteiger partial charge on any atom is -0.497 e. The maximum atomic E-state index is 12.5. The molecule has 0 N–H and O–H groups in total. The van der Waals surface area contributed by atoms with Gasteiger partial charge in [-0.2, -0.15) is 0 Å². The summed E-state index contributed by atoms with van der Waals surface area (Å²) in [5, 5.41) is 11.6. The summed E-state index contributed by atoms with van der Waals surface area (Å²) in [4.78, 5) is 46.4. The van der Waals surface area contributed by atoms with Gasteiger partial charge < -0.3 is 18.6 Å². The van der Waals surface area contributed by atoms with Crippen LogP contribution in [0.3, 0.4) is 0 Å². The molecule has 3 aromatic rings. The Kier molecular flexibility index (Phi) is 5.77. The van der Waals surface area contributed by atoms with Gasteiger partial charge in [-0.25, -0.2) is 14.4 Å². The lowest BCUT2D eigenvalue weighted by Gasteiger charge is -2.09. The van der Waals surface area contributed by atoms with Crippen LogP contribution < -0.4 is 10.4 Å². The highest BCUT2D eigenvalue weighted by molar-refractivity contribution is 5.96. The van der Waals surface area contributed by atoms with E-state index in [0.717, 1.165) is 25.3 Å². The fourth-order valence-corrected chi connectivity index (χ4v) is 2.75. The highest BCUT2D eigenvalue weighted by Crippen LogP contribution is 2.24. The highest BCUT2D eigenvalue weighted by Gasteiger charge is 2.20. The molecule has 2 aromatic carbocycles. The molecule has 0 fully saturated rings. The van der Waals surface area contributed by atoms with Crippen LogP contribution in [0.25, 0.3) is 11.0 Å². The number of nitro benzene ring substituents is 1. The molecule has 0 unspecified atom stereocenters. The molecule has 0 aliphatic carbocycles. The number of hydrogen-bond acceptors (Lipinski definition) is 9. The smallest absolute Gasteiger partial charge is 0.338 e. The number of fused-ring (bicyclic) bond motifs is 1. The van der Waals surface area contributed by atoms with Gasteiger partial charge in [0.15, 0.2) is 0 Å². The lowest BCUT2D eigenvalue weighted by Crippen LogP contribution is -2.10. The van der Waals surface area contributed by atoms with Crippen LogP contribution in [0.15, 0.2) is 51.7 Å². The van der Waals surface area contributed by atoms with Gasteiger partial charge in [0.2, 0.25) is 0 Å². The van der Waals surface area contributed by atoms with Crippen molar-refractivity contribution >= 4 is 28.6 Å². The minimum absolute atomic E-state index is 0.170. The topological polar surface area (TPSA) is 135 Å². The summed E-state index contributed by atoms with van der Waals surface area (Å²) in [6, 6.07) is 9.09. The molecule has 0 saturated carbocycles. The molecule has 0 aliphatic rings. The Morgan fingerprint density at radius 2 is 1.73 bits per heavy atom. The summed E-state index contributed by atoms with van der Waals surface area (Å²) in [6.07, 6.45) is 0. The van der Waals surface area contributed by atoms with Gasteiger partial charge in [0.05, 0.1) is 30.3 Å². The molecular formula is C20H15NO9. The van der Waals surface area contributed by atoms with E-state index in [4.69, 9.17) is 13.9 Å². The molecule has 154 valence electrons. The second-order valence-electron chi connectivity index (χ2n) is 6.05. The van der Waals surface area contributed by atoms with Crippen molar-refractivity contribution in [1.82, 2.24) is 0 Å². The molecule has 0 bridgehead atoms. The SMILES string of the molecule is COC(=O)c1cc(C(=O)OCc2cc(=O)oc3cc(OC)ccc23)cc([N+](=O)[O-])c1. The first-order chi connectivity index (χ1) is 14.3. The summed E-state index contributed by atoms with van der Waals surface area (Å²) in [7, 11) is 2.58. The summed E-state index contributed by atoms with van der Waals surface area (Å²) in [6.45, 7) is -0.302. The summed E-state index contributed by atoms with van der Waals surface area (Å²) >= 11 is 0. The maximum Gasteiger partial charge on any atom is 0.338 e. The highest BCUT2D eigenvalue weighted by atomic mass is 16.6. The molecule has 0 amide bonds. The Bertz CT molecular complexity index is 1210. The van der Waals surface area contributed by atoms with Crippen molar-refractivity contribution in [1.29, 1.82) is 0 Å². The average Bonchev–Trinajstić information content (AvgIpc) is 2.75. The lowest BCUT2D eigenvalue weighted by atomic mass is 10.1. The van der Waals surface area contributed by atoms with E-state index in [0.29, 0.717) is 16.7 Å². The van der Waals surface area contributed by atoms with Gasteiger partial charge in [0, 0.05) is 35.2 Å². The Hall–Kier alpha value is -4.21. The van der Waals surface area contributed by atoms with E-state index in [1.165, 1.54) is 19.2 Å². The van der Waals surface area contributed by atoms with Crippen molar-refractivity contribution < 1.29 is 33.1 Å². The monoisotopic (exact) mass is 413 g/mol. The van der Waals surface area contributed by atoms with Crippen LogP contribution in [-0.4, -0.2) is 31.1 Å². The zero-order valence-corrected chi connectivity index (χ0v) is 15.9. The first kappa shape index (κ1) is 20.5. The second-order valence-corrected chi connectivity index (χ2v) is 6.05. The van der Waals surface area contributed by atoms with Crippen LogP contribution in [0, 0.1) is 10.1 Å². The quantitative estimate of drug-likeness (QED) is 0.259. The van der Waals surface area contributed by atoms with Crippen LogP contribution in [0.5, 0.6) is 5.75 Å². The summed E-state index contributed by atoms with van der Waals surface area (Å²) in [5.41, 5.74) is -0.880. The average molecular weight is 413 g/mol. The molecule has 10 heteroatoms. The van der Waals surface area contributed by atoms with E-state index >= 15 is 0 Å². The van der Waals surface area contributed by atoms with E-state index < -0.39 is 28.2 Å². The van der Waals surface area contributed by atoms with Crippen LogP contribution in [-0.2, 0) is 16.1 Å². The number of carbonyl (C=O) groups is 2. The Morgan fingerprint density at radius 1 is 1.03 bits per heavy atom. The fourth-order valence-electron chi connectivity index (χ4n) is 2.75. The third kappa shape index (κ3) is 4.27. The predicted molar refractivity (Wildman–Crippen MR) is 103 cm³/mol. The van der Waals surface area contributed by atoms with Crippen molar-refractivity contribution in [3.8, 4) is 5.75 Å². The van der Waals surface area contributed by atoms with E-state index in [1.54, 1.807) is 12.1 Å². The predicted octanol–water partition coefficient (Wildman–Crippen LogP) is 2.85. The van der Waals surface area contributed by atoms with Crippen LogP contribution in [0.4, 0.5) is 5.69 Å². The van der Waals surface area contributed by atoms with Crippen molar-refractivity contribution in [2.45, 2.75) is 6.61 Å². The van der Waals surface area contributed by atoms with Crippen molar-refractivity contribution in [3.63, 3.8) is 0 Å². The molecule has 1 heterocycles. The molecule has 10 nitrogen and oxygen atoms in total. The molecule has 30 heavy (non-hydrogen) atoms. The molecule has 0 aliphatic heterocycles. The van der Waals surface area contributed by atoms with Crippen LogP contribution in [0.2, 0.25) is 0 Å². The number of esters is 2. The first-order valence-electron chi connectivity index (χ1n) is 8.48. The number of carbonyl (C=O) groups excluding carboxylic acids is 2. The number of methoxy groups -OCH3 is 2.